The first-order valence-electron chi connectivity index (χ1n) is 5.42. The summed E-state index contributed by atoms with van der Waals surface area (Å²) in [4.78, 5) is 1.71. The predicted octanol–water partition coefficient (Wildman–Crippen LogP) is 4.87. The molecule has 0 radical (unpaired) electrons. The molecule has 94 valence electrons. The Morgan fingerprint density at radius 3 is 2.06 bits per heavy atom. The normalized spacial score (nSPS) is 10.5. The first kappa shape index (κ1) is 13.2. The molecule has 0 atom stereocenters. The number of benzene rings is 2. The molecule has 0 spiro atoms. The lowest BCUT2D eigenvalue weighted by Gasteiger charge is -2.16. The third-order valence-corrected chi connectivity index (χ3v) is 3.32. The van der Waals surface area contributed by atoms with Crippen molar-refractivity contribution in [3.05, 3.63) is 52.3 Å². The van der Waals surface area contributed by atoms with E-state index in [1.54, 1.807) is 55.4 Å². The van der Waals surface area contributed by atoms with Gasteiger partial charge in [-0.15, -0.1) is 0 Å². The molecule has 0 aliphatic heterocycles. The highest BCUT2D eigenvalue weighted by Gasteiger charge is 2.15. The molecule has 0 aliphatic rings. The molecule has 2 rings (SSSR count). The molecule has 4 heteroatoms. The topological polar surface area (TPSA) is 3.24 Å². The van der Waals surface area contributed by atoms with Gasteiger partial charge in [-0.3, -0.25) is 0 Å². The van der Waals surface area contributed by atoms with Crippen molar-refractivity contribution in [1.29, 1.82) is 0 Å². The monoisotopic (exact) mass is 283 g/mol. The van der Waals surface area contributed by atoms with Gasteiger partial charge in [0.15, 0.2) is 5.82 Å². The number of hydrogen-bond donors (Lipinski definition) is 0. The van der Waals surface area contributed by atoms with Gasteiger partial charge in [0.05, 0.1) is 5.69 Å². The van der Waals surface area contributed by atoms with Gasteiger partial charge in [0.2, 0.25) is 0 Å². The van der Waals surface area contributed by atoms with Crippen molar-refractivity contribution < 1.29 is 4.39 Å². The van der Waals surface area contributed by atoms with Crippen LogP contribution < -0.4 is 4.90 Å². The van der Waals surface area contributed by atoms with Crippen LogP contribution in [0.2, 0.25) is 10.0 Å². The van der Waals surface area contributed by atoms with E-state index in [0.717, 1.165) is 0 Å². The Morgan fingerprint density at radius 2 is 1.50 bits per heavy atom. The molecule has 18 heavy (non-hydrogen) atoms. The van der Waals surface area contributed by atoms with Gasteiger partial charge in [-0.25, -0.2) is 4.39 Å². The minimum atomic E-state index is -0.322. The quantitative estimate of drug-likeness (QED) is 0.760. The van der Waals surface area contributed by atoms with Gasteiger partial charge < -0.3 is 4.90 Å². The number of nitrogens with zero attached hydrogens (tertiary/aromatic N) is 1. The predicted molar refractivity (Wildman–Crippen MR) is 76.2 cm³/mol. The van der Waals surface area contributed by atoms with E-state index in [9.17, 15) is 4.39 Å². The van der Waals surface area contributed by atoms with E-state index in [1.807, 2.05) is 0 Å². The molecule has 0 N–H and O–H groups in total. The fraction of sp³-hybridized carbons (Fsp3) is 0.143. The highest BCUT2D eigenvalue weighted by molar-refractivity contribution is 6.39. The van der Waals surface area contributed by atoms with Crippen molar-refractivity contribution in [3.8, 4) is 11.1 Å². The van der Waals surface area contributed by atoms with Gasteiger partial charge in [0.1, 0.15) is 0 Å². The minimum Gasteiger partial charge on any atom is -0.375 e. The lowest BCUT2D eigenvalue weighted by molar-refractivity contribution is 0.629. The second-order valence-electron chi connectivity index (χ2n) is 4.13. The molecular weight excluding hydrogens is 272 g/mol. The molecule has 2 aromatic carbocycles. The summed E-state index contributed by atoms with van der Waals surface area (Å²) in [5, 5.41) is 0.884. The average Bonchev–Trinajstić information content (AvgIpc) is 2.30. The summed E-state index contributed by atoms with van der Waals surface area (Å²) in [7, 11) is 3.58. The van der Waals surface area contributed by atoms with Gasteiger partial charge in [-0.2, -0.15) is 0 Å². The van der Waals surface area contributed by atoms with Crippen molar-refractivity contribution in [1.82, 2.24) is 0 Å². The van der Waals surface area contributed by atoms with Crippen LogP contribution in [-0.2, 0) is 0 Å². The smallest absolute Gasteiger partial charge is 0.154 e. The van der Waals surface area contributed by atoms with Gasteiger partial charge >= 0.3 is 0 Å². The van der Waals surface area contributed by atoms with Crippen LogP contribution in [-0.4, -0.2) is 14.1 Å². The molecule has 0 saturated heterocycles. The number of rotatable bonds is 2. The number of hydrogen-bond acceptors (Lipinski definition) is 1. The summed E-state index contributed by atoms with van der Waals surface area (Å²) in [5.41, 5.74) is 1.45. The Hall–Kier alpha value is -1.25. The van der Waals surface area contributed by atoms with Crippen LogP contribution in [0.15, 0.2) is 36.4 Å². The Morgan fingerprint density at radius 1 is 0.944 bits per heavy atom. The lowest BCUT2D eigenvalue weighted by Crippen LogP contribution is -2.11. The molecular formula is C14H12Cl2FN. The SMILES string of the molecule is CN(C)c1cccc(-c2c(Cl)cccc2Cl)c1F. The van der Waals surface area contributed by atoms with Gasteiger partial charge in [-0.1, -0.05) is 41.4 Å². The van der Waals surface area contributed by atoms with Crippen LogP contribution in [0.25, 0.3) is 11.1 Å². The van der Waals surface area contributed by atoms with E-state index in [2.05, 4.69) is 0 Å². The standard InChI is InChI=1S/C14H12Cl2FN/c1-18(2)12-8-3-5-9(14(12)17)13-10(15)6-4-7-11(13)16/h3-8H,1-2H3. The van der Waals surface area contributed by atoms with E-state index in [-0.39, 0.29) is 5.82 Å². The first-order chi connectivity index (χ1) is 8.52. The highest BCUT2D eigenvalue weighted by atomic mass is 35.5. The van der Waals surface area contributed by atoms with Crippen molar-refractivity contribution >= 4 is 28.9 Å². The Kier molecular flexibility index (Phi) is 3.79. The summed E-state index contributed by atoms with van der Waals surface area (Å²) in [6.45, 7) is 0. The molecule has 1 nitrogen and oxygen atoms in total. The fourth-order valence-electron chi connectivity index (χ4n) is 1.81. The van der Waals surface area contributed by atoms with E-state index in [1.165, 1.54) is 0 Å². The third-order valence-electron chi connectivity index (χ3n) is 2.69. The van der Waals surface area contributed by atoms with Crippen molar-refractivity contribution in [2.75, 3.05) is 19.0 Å². The van der Waals surface area contributed by atoms with Crippen molar-refractivity contribution in [2.45, 2.75) is 0 Å². The van der Waals surface area contributed by atoms with Crippen LogP contribution >= 0.6 is 23.2 Å². The Bertz CT molecular complexity index is 562. The second-order valence-corrected chi connectivity index (χ2v) is 4.94. The molecule has 2 aromatic rings. The van der Waals surface area contributed by atoms with Crippen LogP contribution in [0.5, 0.6) is 0 Å². The van der Waals surface area contributed by atoms with Gasteiger partial charge in [-0.05, 0) is 18.2 Å². The maximum atomic E-state index is 14.4. The third kappa shape index (κ3) is 2.31. The summed E-state index contributed by atoms with van der Waals surface area (Å²) < 4.78 is 14.4. The minimum absolute atomic E-state index is 0.322. The van der Waals surface area contributed by atoms with E-state index < -0.39 is 0 Å². The maximum absolute atomic E-state index is 14.4. The number of halogens is 3. The van der Waals surface area contributed by atoms with Crippen LogP contribution in [0.1, 0.15) is 0 Å². The highest BCUT2D eigenvalue weighted by Crippen LogP contribution is 2.38. The summed E-state index contributed by atoms with van der Waals surface area (Å²) in [6.07, 6.45) is 0. The molecule has 0 aliphatic carbocycles. The zero-order valence-electron chi connectivity index (χ0n) is 10.0. The Labute approximate surface area is 116 Å². The summed E-state index contributed by atoms with van der Waals surface area (Å²) in [6, 6.07) is 10.3. The molecule has 0 bridgehead atoms. The largest absolute Gasteiger partial charge is 0.375 e. The van der Waals surface area contributed by atoms with E-state index in [4.69, 9.17) is 23.2 Å². The zero-order chi connectivity index (χ0) is 13.3. The van der Waals surface area contributed by atoms with Crippen LogP contribution in [0, 0.1) is 5.82 Å². The summed E-state index contributed by atoms with van der Waals surface area (Å²) in [5.74, 6) is -0.322. The van der Waals surface area contributed by atoms with E-state index in [0.29, 0.717) is 26.9 Å². The summed E-state index contributed by atoms with van der Waals surface area (Å²) >= 11 is 12.2. The molecule has 0 heterocycles. The molecule has 0 fully saturated rings. The molecule has 0 saturated carbocycles. The molecule has 0 aromatic heterocycles. The Balaban J connectivity index is 2.69. The van der Waals surface area contributed by atoms with Crippen LogP contribution in [0.4, 0.5) is 10.1 Å². The van der Waals surface area contributed by atoms with Gasteiger partial charge in [0, 0.05) is 35.3 Å². The van der Waals surface area contributed by atoms with E-state index >= 15 is 0 Å². The fourth-order valence-corrected chi connectivity index (χ4v) is 2.41. The van der Waals surface area contributed by atoms with Gasteiger partial charge in [0.25, 0.3) is 0 Å². The molecule has 0 unspecified atom stereocenters. The average molecular weight is 284 g/mol. The van der Waals surface area contributed by atoms with Crippen molar-refractivity contribution in [2.24, 2.45) is 0 Å². The zero-order valence-corrected chi connectivity index (χ0v) is 11.6. The van der Waals surface area contributed by atoms with Crippen LogP contribution in [0.3, 0.4) is 0 Å². The van der Waals surface area contributed by atoms with Crippen molar-refractivity contribution in [3.63, 3.8) is 0 Å². The lowest BCUT2D eigenvalue weighted by atomic mass is 10.0. The molecule has 0 amide bonds. The first-order valence-corrected chi connectivity index (χ1v) is 6.18. The maximum Gasteiger partial charge on any atom is 0.154 e. The number of anilines is 1. The second kappa shape index (κ2) is 5.17.